The van der Waals surface area contributed by atoms with Crippen LogP contribution in [-0.2, 0) is 6.42 Å². The molecule has 1 aromatic heterocycles. The molecule has 1 fully saturated rings. The van der Waals surface area contributed by atoms with E-state index < -0.39 is 0 Å². The minimum atomic E-state index is 0. The lowest BCUT2D eigenvalue weighted by Gasteiger charge is -2.14. The molecule has 0 aromatic carbocycles. The molecular weight excluding hydrogens is 433 g/mol. The lowest BCUT2D eigenvalue weighted by atomic mass is 10.4. The lowest BCUT2D eigenvalue weighted by molar-refractivity contribution is 0.336. The topological polar surface area (TPSA) is 52.6 Å². The van der Waals surface area contributed by atoms with E-state index in [4.69, 9.17) is 0 Å². The number of guanidine groups is 1. The summed E-state index contributed by atoms with van der Waals surface area (Å²) in [5, 5.41) is 7.95. The Bertz CT molecular complexity index is 478. The third-order valence-electron chi connectivity index (χ3n) is 4.15. The highest BCUT2D eigenvalue weighted by Crippen LogP contribution is 2.16. The number of hydrogen-bond donors (Lipinski definition) is 2. The molecule has 0 amide bonds. The number of hydrogen-bond acceptors (Lipinski definition) is 4. The second-order valence-electron chi connectivity index (χ2n) is 6.09. The fraction of sp³-hybridized carbons (Fsp3) is 0.765. The van der Waals surface area contributed by atoms with Crippen molar-refractivity contribution < 1.29 is 0 Å². The molecule has 0 saturated carbocycles. The van der Waals surface area contributed by atoms with E-state index in [2.05, 4.69) is 46.3 Å². The molecule has 1 saturated heterocycles. The summed E-state index contributed by atoms with van der Waals surface area (Å²) in [5.41, 5.74) is 1.16. The van der Waals surface area contributed by atoms with E-state index in [0.717, 1.165) is 44.1 Å². The highest BCUT2D eigenvalue weighted by molar-refractivity contribution is 14.0. The van der Waals surface area contributed by atoms with Crippen LogP contribution in [0.4, 0.5) is 0 Å². The van der Waals surface area contributed by atoms with E-state index in [1.165, 1.54) is 42.4 Å². The van der Waals surface area contributed by atoms with Crippen molar-refractivity contribution in [3.63, 3.8) is 0 Å². The molecule has 0 unspecified atom stereocenters. The number of nitrogens with one attached hydrogen (secondary N) is 2. The average Bonchev–Trinajstić information content (AvgIpc) is 3.14. The maximum atomic E-state index is 4.68. The molecule has 1 aliphatic rings. The molecule has 0 bridgehead atoms. The van der Waals surface area contributed by atoms with Gasteiger partial charge in [0, 0.05) is 30.9 Å². The lowest BCUT2D eigenvalue weighted by Crippen LogP contribution is -2.38. The van der Waals surface area contributed by atoms with Gasteiger partial charge in [-0.2, -0.15) is 0 Å². The molecule has 0 spiro atoms. The van der Waals surface area contributed by atoms with Crippen LogP contribution in [0, 0.1) is 13.8 Å². The van der Waals surface area contributed by atoms with E-state index in [1.54, 1.807) is 11.3 Å². The zero-order chi connectivity index (χ0) is 16.5. The number of thiazole rings is 1. The molecule has 2 heterocycles. The van der Waals surface area contributed by atoms with Crippen molar-refractivity contribution >= 4 is 41.3 Å². The molecule has 1 aromatic rings. The maximum absolute atomic E-state index is 4.68. The van der Waals surface area contributed by atoms with Crippen LogP contribution >= 0.6 is 35.3 Å². The number of rotatable bonds is 8. The number of nitrogens with zero attached hydrogens (tertiary/aromatic N) is 3. The predicted molar refractivity (Wildman–Crippen MR) is 115 cm³/mol. The van der Waals surface area contributed by atoms with Crippen LogP contribution in [0.15, 0.2) is 4.99 Å². The van der Waals surface area contributed by atoms with E-state index in [9.17, 15) is 0 Å². The van der Waals surface area contributed by atoms with E-state index in [0.29, 0.717) is 0 Å². The standard InChI is InChI=1S/C17H31N5S.HI/c1-4-18-17(19-9-7-13-22-11-5-6-12-22)20-10-8-16-21-14(2)15(3)23-16;/h4-13H2,1-3H3,(H2,18,19,20);1H. The molecule has 2 N–H and O–H groups in total. The quantitative estimate of drug-likeness (QED) is 0.268. The summed E-state index contributed by atoms with van der Waals surface area (Å²) in [6.45, 7) is 12.7. The minimum absolute atomic E-state index is 0. The number of likely N-dealkylation sites (tertiary alicyclic amines) is 1. The van der Waals surface area contributed by atoms with Gasteiger partial charge in [0.1, 0.15) is 0 Å². The van der Waals surface area contributed by atoms with Crippen molar-refractivity contribution in [1.82, 2.24) is 20.5 Å². The van der Waals surface area contributed by atoms with Gasteiger partial charge < -0.3 is 15.5 Å². The van der Waals surface area contributed by atoms with Gasteiger partial charge in [-0.1, -0.05) is 0 Å². The number of aliphatic imine (C=N–C) groups is 1. The predicted octanol–water partition coefficient (Wildman–Crippen LogP) is 2.96. The molecule has 0 radical (unpaired) electrons. The number of aromatic nitrogens is 1. The normalized spacial score (nSPS) is 15.4. The van der Waals surface area contributed by atoms with Crippen molar-refractivity contribution in [1.29, 1.82) is 0 Å². The molecule has 5 nitrogen and oxygen atoms in total. The fourth-order valence-corrected chi connectivity index (χ4v) is 3.70. The average molecular weight is 465 g/mol. The summed E-state index contributed by atoms with van der Waals surface area (Å²) in [6, 6.07) is 0. The summed E-state index contributed by atoms with van der Waals surface area (Å²) in [4.78, 5) is 13.1. The Labute approximate surface area is 167 Å². The molecule has 2 rings (SSSR count). The van der Waals surface area contributed by atoms with Gasteiger partial charge in [0.2, 0.25) is 0 Å². The van der Waals surface area contributed by atoms with Gasteiger partial charge in [0.05, 0.1) is 10.7 Å². The van der Waals surface area contributed by atoms with Crippen molar-refractivity contribution in [2.24, 2.45) is 4.99 Å². The monoisotopic (exact) mass is 465 g/mol. The minimum Gasteiger partial charge on any atom is -0.357 e. The van der Waals surface area contributed by atoms with Crippen LogP contribution in [-0.4, -0.2) is 55.1 Å². The van der Waals surface area contributed by atoms with Crippen LogP contribution in [0.2, 0.25) is 0 Å². The van der Waals surface area contributed by atoms with Crippen LogP contribution < -0.4 is 10.6 Å². The molecular formula is C17H32IN5S. The number of aryl methyl sites for hydroxylation is 2. The van der Waals surface area contributed by atoms with Crippen molar-refractivity contribution in [3.05, 3.63) is 15.6 Å². The smallest absolute Gasteiger partial charge is 0.191 e. The Kier molecular flexibility index (Phi) is 10.8. The largest absolute Gasteiger partial charge is 0.357 e. The van der Waals surface area contributed by atoms with Gasteiger partial charge in [-0.15, -0.1) is 35.3 Å². The molecule has 0 aliphatic carbocycles. The first-order valence-electron chi connectivity index (χ1n) is 8.86. The first-order chi connectivity index (χ1) is 11.2. The van der Waals surface area contributed by atoms with Gasteiger partial charge in [0.15, 0.2) is 5.96 Å². The van der Waals surface area contributed by atoms with E-state index in [-0.39, 0.29) is 24.0 Å². The Morgan fingerprint density at radius 2 is 2.00 bits per heavy atom. The Morgan fingerprint density at radius 3 is 2.62 bits per heavy atom. The third-order valence-corrected chi connectivity index (χ3v) is 5.28. The summed E-state index contributed by atoms with van der Waals surface area (Å²) >= 11 is 1.80. The fourth-order valence-electron chi connectivity index (χ4n) is 2.77. The van der Waals surface area contributed by atoms with Crippen LogP contribution in [0.25, 0.3) is 0 Å². The van der Waals surface area contributed by atoms with Crippen molar-refractivity contribution in [2.45, 2.75) is 46.5 Å². The summed E-state index contributed by atoms with van der Waals surface area (Å²) < 4.78 is 0. The molecule has 0 atom stereocenters. The van der Waals surface area contributed by atoms with Gasteiger partial charge in [-0.05, 0) is 59.7 Å². The first-order valence-corrected chi connectivity index (χ1v) is 9.68. The van der Waals surface area contributed by atoms with Gasteiger partial charge in [-0.3, -0.25) is 4.99 Å². The van der Waals surface area contributed by atoms with Crippen LogP contribution in [0.3, 0.4) is 0 Å². The van der Waals surface area contributed by atoms with Gasteiger partial charge in [-0.25, -0.2) is 4.98 Å². The Morgan fingerprint density at radius 1 is 1.25 bits per heavy atom. The molecule has 1 aliphatic heterocycles. The molecule has 24 heavy (non-hydrogen) atoms. The molecule has 7 heteroatoms. The second kappa shape index (κ2) is 12.0. The molecule has 138 valence electrons. The zero-order valence-electron chi connectivity index (χ0n) is 15.2. The summed E-state index contributed by atoms with van der Waals surface area (Å²) in [7, 11) is 0. The second-order valence-corrected chi connectivity index (χ2v) is 7.38. The highest BCUT2D eigenvalue weighted by atomic mass is 127. The van der Waals surface area contributed by atoms with Gasteiger partial charge >= 0.3 is 0 Å². The third kappa shape index (κ3) is 7.65. The first kappa shape index (κ1) is 21.6. The van der Waals surface area contributed by atoms with Gasteiger partial charge in [0.25, 0.3) is 0 Å². The zero-order valence-corrected chi connectivity index (χ0v) is 18.4. The highest BCUT2D eigenvalue weighted by Gasteiger charge is 2.10. The SMILES string of the molecule is CCNC(=NCCCN1CCCC1)NCCc1nc(C)c(C)s1.I. The maximum Gasteiger partial charge on any atom is 0.191 e. The van der Waals surface area contributed by atoms with Crippen LogP contribution in [0.5, 0.6) is 0 Å². The van der Waals surface area contributed by atoms with Crippen LogP contribution in [0.1, 0.15) is 41.8 Å². The summed E-state index contributed by atoms with van der Waals surface area (Å²) in [6.07, 6.45) is 4.82. The number of halogens is 1. The Balaban J connectivity index is 0.00000288. The Hall–Kier alpha value is -0.410. The van der Waals surface area contributed by atoms with E-state index >= 15 is 0 Å². The summed E-state index contributed by atoms with van der Waals surface area (Å²) in [5.74, 6) is 0.930. The van der Waals surface area contributed by atoms with Crippen molar-refractivity contribution in [3.8, 4) is 0 Å². The van der Waals surface area contributed by atoms with E-state index in [1.807, 2.05) is 0 Å². The van der Waals surface area contributed by atoms with Crippen molar-refractivity contribution in [2.75, 3.05) is 39.3 Å².